The maximum atomic E-state index is 4.63. The second-order valence-corrected chi connectivity index (χ2v) is 4.94. The van der Waals surface area contributed by atoms with Crippen molar-refractivity contribution in [1.29, 1.82) is 0 Å². The molecule has 0 fully saturated rings. The van der Waals surface area contributed by atoms with E-state index in [1.165, 1.54) is 5.69 Å². The van der Waals surface area contributed by atoms with Crippen molar-refractivity contribution in [3.63, 3.8) is 0 Å². The predicted octanol–water partition coefficient (Wildman–Crippen LogP) is 1.37. The SMILES string of the molecule is CCNC(=NCc1ncnn1C)N(C)Cc1cccn1C.I. The summed E-state index contributed by atoms with van der Waals surface area (Å²) in [6.45, 7) is 4.20. The van der Waals surface area contributed by atoms with Crippen LogP contribution in [0, 0.1) is 0 Å². The molecule has 0 unspecified atom stereocenters. The average molecular weight is 417 g/mol. The van der Waals surface area contributed by atoms with Gasteiger partial charge >= 0.3 is 0 Å². The number of aliphatic imine (C=N–C) groups is 1. The normalized spacial score (nSPS) is 11.2. The highest BCUT2D eigenvalue weighted by Crippen LogP contribution is 2.04. The number of aryl methyl sites for hydroxylation is 2. The van der Waals surface area contributed by atoms with Gasteiger partial charge < -0.3 is 14.8 Å². The summed E-state index contributed by atoms with van der Waals surface area (Å²) in [5.74, 6) is 1.71. The van der Waals surface area contributed by atoms with Crippen LogP contribution in [0.15, 0.2) is 29.6 Å². The third-order valence-electron chi connectivity index (χ3n) is 3.32. The number of rotatable bonds is 5. The topological polar surface area (TPSA) is 63.3 Å². The molecule has 0 saturated heterocycles. The van der Waals surface area contributed by atoms with Crippen molar-refractivity contribution in [3.8, 4) is 0 Å². The number of hydrogen-bond acceptors (Lipinski definition) is 3. The first-order valence-corrected chi connectivity index (χ1v) is 7.04. The fourth-order valence-corrected chi connectivity index (χ4v) is 2.06. The zero-order valence-electron chi connectivity index (χ0n) is 13.5. The van der Waals surface area contributed by atoms with Gasteiger partial charge in [0.05, 0.1) is 6.54 Å². The Bertz CT molecular complexity index is 602. The van der Waals surface area contributed by atoms with Gasteiger partial charge in [0.1, 0.15) is 18.7 Å². The number of nitrogens with zero attached hydrogens (tertiary/aromatic N) is 6. The summed E-state index contributed by atoms with van der Waals surface area (Å²) in [4.78, 5) is 10.9. The highest BCUT2D eigenvalue weighted by atomic mass is 127. The molecule has 0 aliphatic heterocycles. The lowest BCUT2D eigenvalue weighted by atomic mass is 10.4. The zero-order chi connectivity index (χ0) is 15.2. The van der Waals surface area contributed by atoms with Gasteiger partial charge in [0.2, 0.25) is 0 Å². The Hall–Kier alpha value is -1.58. The molecule has 122 valence electrons. The molecule has 2 heterocycles. The number of hydrogen-bond donors (Lipinski definition) is 1. The lowest BCUT2D eigenvalue weighted by molar-refractivity contribution is 0.461. The molecule has 2 aromatic rings. The van der Waals surface area contributed by atoms with Crippen LogP contribution in [0.3, 0.4) is 0 Å². The number of aromatic nitrogens is 4. The lowest BCUT2D eigenvalue weighted by Crippen LogP contribution is -2.38. The van der Waals surface area contributed by atoms with Crippen LogP contribution in [0.25, 0.3) is 0 Å². The molecular formula is C14H24IN7. The summed E-state index contributed by atoms with van der Waals surface area (Å²) in [5.41, 5.74) is 1.24. The van der Waals surface area contributed by atoms with Crippen molar-refractivity contribution in [2.75, 3.05) is 13.6 Å². The molecule has 1 N–H and O–H groups in total. The third-order valence-corrected chi connectivity index (χ3v) is 3.32. The Morgan fingerprint density at radius 2 is 2.18 bits per heavy atom. The maximum Gasteiger partial charge on any atom is 0.194 e. The second kappa shape index (κ2) is 8.76. The molecule has 7 nitrogen and oxygen atoms in total. The summed E-state index contributed by atoms with van der Waals surface area (Å²) in [6, 6.07) is 4.16. The average Bonchev–Trinajstić information content (AvgIpc) is 3.04. The van der Waals surface area contributed by atoms with Crippen LogP contribution in [0.5, 0.6) is 0 Å². The van der Waals surface area contributed by atoms with Gasteiger partial charge in [0.25, 0.3) is 0 Å². The summed E-state index contributed by atoms with van der Waals surface area (Å²) < 4.78 is 3.85. The Labute approximate surface area is 148 Å². The minimum Gasteiger partial charge on any atom is -0.357 e. The molecule has 0 saturated carbocycles. The Morgan fingerprint density at radius 3 is 2.73 bits per heavy atom. The second-order valence-electron chi connectivity index (χ2n) is 4.94. The fraction of sp³-hybridized carbons (Fsp3) is 0.500. The van der Waals surface area contributed by atoms with Gasteiger partial charge in [0.15, 0.2) is 5.96 Å². The molecule has 0 aliphatic carbocycles. The van der Waals surface area contributed by atoms with Crippen LogP contribution >= 0.6 is 24.0 Å². The fourth-order valence-electron chi connectivity index (χ4n) is 2.06. The van der Waals surface area contributed by atoms with Crippen LogP contribution in [0.1, 0.15) is 18.4 Å². The molecule has 0 bridgehead atoms. The van der Waals surface area contributed by atoms with Gasteiger partial charge in [-0.25, -0.2) is 9.98 Å². The Kier molecular flexibility index (Phi) is 7.36. The van der Waals surface area contributed by atoms with Crippen molar-refractivity contribution < 1.29 is 0 Å². The molecule has 2 aromatic heterocycles. The number of halogens is 1. The summed E-state index contributed by atoms with van der Waals surface area (Å²) in [7, 11) is 5.95. The van der Waals surface area contributed by atoms with Crippen LogP contribution in [-0.2, 0) is 27.2 Å². The third kappa shape index (κ3) is 4.72. The maximum absolute atomic E-state index is 4.63. The molecule has 0 atom stereocenters. The van der Waals surface area contributed by atoms with Crippen LogP contribution in [-0.4, -0.2) is 43.8 Å². The van der Waals surface area contributed by atoms with Gasteiger partial charge in [-0.3, -0.25) is 4.68 Å². The van der Waals surface area contributed by atoms with Crippen molar-refractivity contribution in [3.05, 3.63) is 36.2 Å². The van der Waals surface area contributed by atoms with E-state index in [1.807, 2.05) is 33.4 Å². The molecule has 0 radical (unpaired) electrons. The largest absolute Gasteiger partial charge is 0.357 e. The van der Waals surface area contributed by atoms with E-state index in [9.17, 15) is 0 Å². The molecular weight excluding hydrogens is 393 g/mol. The Balaban J connectivity index is 0.00000242. The molecule has 2 rings (SSSR count). The molecule has 0 amide bonds. The minimum absolute atomic E-state index is 0. The zero-order valence-corrected chi connectivity index (χ0v) is 15.9. The molecule has 0 aromatic carbocycles. The van der Waals surface area contributed by atoms with E-state index in [4.69, 9.17) is 0 Å². The molecule has 22 heavy (non-hydrogen) atoms. The standard InChI is InChI=1S/C14H23N7.HI/c1-5-15-14(16-9-13-17-11-18-21(13)4)20(3)10-12-7-6-8-19(12)2;/h6-8,11H,5,9-10H2,1-4H3,(H,15,16);1H. The van der Waals surface area contributed by atoms with Gasteiger partial charge in [-0.05, 0) is 19.1 Å². The van der Waals surface area contributed by atoms with Gasteiger partial charge in [-0.15, -0.1) is 24.0 Å². The highest BCUT2D eigenvalue weighted by Gasteiger charge is 2.09. The number of guanidine groups is 1. The lowest BCUT2D eigenvalue weighted by Gasteiger charge is -2.22. The van der Waals surface area contributed by atoms with E-state index < -0.39 is 0 Å². The Morgan fingerprint density at radius 1 is 1.41 bits per heavy atom. The van der Waals surface area contributed by atoms with Gasteiger partial charge in [-0.1, -0.05) is 0 Å². The highest BCUT2D eigenvalue weighted by molar-refractivity contribution is 14.0. The predicted molar refractivity (Wildman–Crippen MR) is 98.1 cm³/mol. The van der Waals surface area contributed by atoms with Crippen LogP contribution < -0.4 is 5.32 Å². The van der Waals surface area contributed by atoms with E-state index in [-0.39, 0.29) is 24.0 Å². The van der Waals surface area contributed by atoms with Crippen LogP contribution in [0.4, 0.5) is 0 Å². The minimum atomic E-state index is 0. The summed E-state index contributed by atoms with van der Waals surface area (Å²) >= 11 is 0. The summed E-state index contributed by atoms with van der Waals surface area (Å²) in [6.07, 6.45) is 3.60. The molecule has 0 aliphatic rings. The van der Waals surface area contributed by atoms with E-state index in [2.05, 4.69) is 42.8 Å². The molecule has 8 heteroatoms. The van der Waals surface area contributed by atoms with Crippen LogP contribution in [0.2, 0.25) is 0 Å². The van der Waals surface area contributed by atoms with Crippen molar-refractivity contribution in [2.24, 2.45) is 19.1 Å². The van der Waals surface area contributed by atoms with Crippen molar-refractivity contribution in [2.45, 2.75) is 20.0 Å². The van der Waals surface area contributed by atoms with E-state index >= 15 is 0 Å². The first-order chi connectivity index (χ1) is 10.1. The van der Waals surface area contributed by atoms with Crippen molar-refractivity contribution in [1.82, 2.24) is 29.5 Å². The van der Waals surface area contributed by atoms with E-state index in [0.29, 0.717) is 6.54 Å². The first kappa shape index (κ1) is 18.5. The summed E-state index contributed by atoms with van der Waals surface area (Å²) in [5, 5.41) is 7.36. The van der Waals surface area contributed by atoms with E-state index in [1.54, 1.807) is 11.0 Å². The van der Waals surface area contributed by atoms with Crippen molar-refractivity contribution >= 4 is 29.9 Å². The van der Waals surface area contributed by atoms with Gasteiger partial charge in [0, 0.05) is 39.6 Å². The molecule has 0 spiro atoms. The number of nitrogens with one attached hydrogen (secondary N) is 1. The quantitative estimate of drug-likeness (QED) is 0.454. The van der Waals surface area contributed by atoms with E-state index in [0.717, 1.165) is 24.9 Å². The smallest absolute Gasteiger partial charge is 0.194 e. The first-order valence-electron chi connectivity index (χ1n) is 7.04. The monoisotopic (exact) mass is 417 g/mol. The van der Waals surface area contributed by atoms with Gasteiger partial charge in [-0.2, -0.15) is 5.10 Å².